The smallest absolute Gasteiger partial charge is 0.466 e. The molecular formula is C64H82Cl2N13O14PS. The number of nitrogens with one attached hydrogen (secondary N) is 7. The number of aryl methyl sites for hydroxylation is 2. The molecule has 10 rings (SSSR count). The summed E-state index contributed by atoms with van der Waals surface area (Å²) in [5, 5.41) is 15.1. The molecule has 5 aromatic rings. The fourth-order valence-electron chi connectivity index (χ4n) is 14.5. The van der Waals surface area contributed by atoms with E-state index in [1.165, 1.54) is 17.9 Å². The number of phosphoric acid groups is 1. The highest BCUT2D eigenvalue weighted by atomic mass is 35.5. The topological polar surface area (TPSA) is 379 Å². The van der Waals surface area contributed by atoms with Crippen LogP contribution in [-0.2, 0) is 44.7 Å². The molecule has 512 valence electrons. The van der Waals surface area contributed by atoms with Crippen molar-refractivity contribution in [1.29, 1.82) is 0 Å². The fraction of sp³-hybridized carbons (Fsp3) is 0.516. The Balaban J connectivity index is 0.739. The van der Waals surface area contributed by atoms with Gasteiger partial charge in [0.25, 0.3) is 5.17 Å². The van der Waals surface area contributed by atoms with Gasteiger partial charge in [0.1, 0.15) is 24.7 Å². The molecule has 3 saturated carbocycles. The van der Waals surface area contributed by atoms with Gasteiger partial charge in [0.2, 0.25) is 35.4 Å². The lowest BCUT2D eigenvalue weighted by molar-refractivity contribution is -0.134. The molecule has 0 saturated heterocycles. The standard InChI is InChI=1S/C64H82Cl2N13O14PS/c1-33(2)51(75-55(82)41(72-36(5)80)11-8-9-17-67)56(83)74-42(12-10-18-69-59(68)86)54(81)73-40-15-13-37(14-16-40)29-91-61(95)77(7)20-19-76(6)60(87)92-45-21-43-49(47-34(3)25-70-52(45)47)38(23-65)27-78(43)57(84)62-30-63(32-64(62,63)31-62)58(85)79-28-39(24-66)50-44(79)22-46(93-94(88,89)90)53-48(50)35(4)26-71-53/h13-16,21-22,25-26,33,38-39,41-42,51,70-71H,8-12,17-20,23-24,27-32,67H2,1-7H3,(H,72,80)(H,73,81)(H,74,83)(H,75,82)(H3,68,69,86)(H2,88,89,90). The number of thiocarbonyl (C=S) groups is 1. The first-order chi connectivity index (χ1) is 45.0. The van der Waals surface area contributed by atoms with Crippen molar-refractivity contribution < 1.29 is 66.7 Å². The Morgan fingerprint density at radius 1 is 0.768 bits per heavy atom. The van der Waals surface area contributed by atoms with E-state index in [0.29, 0.717) is 84.1 Å². The number of likely N-dealkylation sites (N-methyl/N-ethyl adjacent to an activating group) is 2. The molecule has 95 heavy (non-hydrogen) atoms. The summed E-state index contributed by atoms with van der Waals surface area (Å²) in [5.74, 6) is -2.83. The minimum atomic E-state index is -4.99. The van der Waals surface area contributed by atoms with Gasteiger partial charge in [0, 0.05) is 124 Å². The molecule has 31 heteroatoms. The van der Waals surface area contributed by atoms with Crippen molar-refractivity contribution in [2.45, 2.75) is 123 Å². The Morgan fingerprint density at radius 2 is 1.32 bits per heavy atom. The number of amides is 9. The van der Waals surface area contributed by atoms with Gasteiger partial charge >= 0.3 is 19.9 Å². The molecule has 27 nitrogen and oxygen atoms in total. The number of alkyl halides is 2. The van der Waals surface area contributed by atoms with Crippen LogP contribution in [0.4, 0.5) is 26.7 Å². The van der Waals surface area contributed by atoms with E-state index in [4.69, 9.17) is 60.9 Å². The minimum Gasteiger partial charge on any atom is -0.466 e. The van der Waals surface area contributed by atoms with Crippen molar-refractivity contribution in [2.75, 3.05) is 80.2 Å². The number of nitrogens with two attached hydrogens (primary N) is 2. The van der Waals surface area contributed by atoms with Gasteiger partial charge < -0.3 is 81.6 Å². The number of ether oxygens (including phenoxy) is 2. The third-order valence-corrected chi connectivity index (χ3v) is 21.0. The largest absolute Gasteiger partial charge is 0.524 e. The maximum absolute atomic E-state index is 15.2. The van der Waals surface area contributed by atoms with Crippen molar-refractivity contribution >= 4 is 135 Å². The number of carbonyl (C=O) groups is 8. The lowest BCUT2D eigenvalue weighted by atomic mass is 9.72. The molecule has 0 radical (unpaired) electrons. The van der Waals surface area contributed by atoms with Crippen LogP contribution in [0.2, 0.25) is 0 Å². The number of phosphoric ester groups is 1. The first-order valence-electron chi connectivity index (χ1n) is 31.6. The second kappa shape index (κ2) is 27.8. The molecule has 0 bridgehead atoms. The van der Waals surface area contributed by atoms with Crippen LogP contribution in [0.25, 0.3) is 21.8 Å². The van der Waals surface area contributed by atoms with Crippen molar-refractivity contribution in [1.82, 2.24) is 41.0 Å². The van der Waals surface area contributed by atoms with E-state index in [0.717, 1.165) is 27.6 Å². The molecule has 2 aliphatic heterocycles. The van der Waals surface area contributed by atoms with Crippen molar-refractivity contribution in [2.24, 2.45) is 33.6 Å². The lowest BCUT2D eigenvalue weighted by Gasteiger charge is -2.37. The normalized spacial score (nSPS) is 21.2. The number of urea groups is 1. The molecule has 2 aromatic heterocycles. The number of nitrogens with zero attached hydrogens (tertiary/aromatic N) is 4. The van der Waals surface area contributed by atoms with Gasteiger partial charge in [-0.25, -0.2) is 14.2 Å². The maximum atomic E-state index is 15.2. The van der Waals surface area contributed by atoms with Crippen LogP contribution in [0.5, 0.6) is 11.5 Å². The zero-order valence-corrected chi connectivity index (χ0v) is 57.2. The van der Waals surface area contributed by atoms with E-state index in [9.17, 15) is 47.9 Å². The molecule has 5 aliphatic rings. The zero-order valence-electron chi connectivity index (χ0n) is 54.0. The van der Waals surface area contributed by atoms with Crippen LogP contribution in [0.3, 0.4) is 0 Å². The average molecular weight is 1390 g/mol. The van der Waals surface area contributed by atoms with Crippen LogP contribution < -0.4 is 57.1 Å². The number of hydrogen-bond donors (Lipinski definition) is 11. The van der Waals surface area contributed by atoms with Crippen LogP contribution in [0.1, 0.15) is 112 Å². The maximum Gasteiger partial charge on any atom is 0.524 e. The van der Waals surface area contributed by atoms with Gasteiger partial charge in [0.15, 0.2) is 11.5 Å². The highest BCUT2D eigenvalue weighted by Gasteiger charge is 3.01. The molecule has 13 N–H and O–H groups in total. The van der Waals surface area contributed by atoms with Gasteiger partial charge in [-0.15, -0.1) is 23.2 Å². The van der Waals surface area contributed by atoms with E-state index in [-0.39, 0.29) is 104 Å². The number of benzene rings is 3. The lowest BCUT2D eigenvalue weighted by Crippen LogP contribution is -2.57. The third-order valence-electron chi connectivity index (χ3n) is 19.4. The molecule has 3 fully saturated rings. The summed E-state index contributed by atoms with van der Waals surface area (Å²) in [6.45, 7) is 10.1. The minimum absolute atomic E-state index is 0.0529. The number of unbranched alkanes of at least 4 members (excludes halogenated alkanes) is 1. The number of hydrogen-bond acceptors (Lipinski definition) is 14. The molecule has 8 atom stereocenters. The van der Waals surface area contributed by atoms with Gasteiger partial charge in [-0.1, -0.05) is 26.0 Å². The predicted molar refractivity (Wildman–Crippen MR) is 361 cm³/mol. The summed E-state index contributed by atoms with van der Waals surface area (Å²) in [5.41, 5.74) is 15.1. The number of halogens is 2. The fourth-order valence-corrected chi connectivity index (χ4v) is 15.6. The Labute approximate surface area is 564 Å². The van der Waals surface area contributed by atoms with E-state index >= 15 is 4.79 Å². The van der Waals surface area contributed by atoms with Crippen LogP contribution in [0.15, 0.2) is 48.8 Å². The van der Waals surface area contributed by atoms with Crippen molar-refractivity contribution in [3.63, 3.8) is 0 Å². The molecule has 9 amide bonds. The SMILES string of the molecule is CC(=O)NC(CCCCN)C(=O)NC(C(=O)NC(CCCNC(N)=O)C(=O)Nc1ccc(COC(=S)N(C)CCN(C)C(=O)Oc2cc3c(c4c(C)c[nH]c24)C(CCl)CN3C(=O)C23CC4(C(=O)N5CC(CCl)c6c5cc(OP(=O)(O)O)c5[nH]cc(C)c65)CC24C3)cc1)C(C)C. The summed E-state index contributed by atoms with van der Waals surface area (Å²) in [4.78, 5) is 141. The highest BCUT2D eigenvalue weighted by molar-refractivity contribution is 7.80. The summed E-state index contributed by atoms with van der Waals surface area (Å²) < 4.78 is 29.4. The summed E-state index contributed by atoms with van der Waals surface area (Å²) in [6.07, 6.45) is 6.09. The van der Waals surface area contributed by atoms with Crippen LogP contribution in [0, 0.1) is 36.0 Å². The quantitative estimate of drug-likeness (QED) is 0.0111. The zero-order chi connectivity index (χ0) is 68.8. The van der Waals surface area contributed by atoms with Gasteiger partial charge in [-0.2, -0.15) is 0 Å². The molecule has 3 aliphatic carbocycles. The number of anilines is 3. The summed E-state index contributed by atoms with van der Waals surface area (Å²) in [6, 6.07) is 6.14. The number of carbonyl (C=O) groups excluding carboxylic acids is 8. The number of primary amides is 1. The first-order valence-corrected chi connectivity index (χ1v) is 34.7. The van der Waals surface area contributed by atoms with Crippen LogP contribution in [-0.4, -0.2) is 166 Å². The van der Waals surface area contributed by atoms with E-state index in [1.54, 1.807) is 79.2 Å². The molecule has 8 unspecified atom stereocenters. The van der Waals surface area contributed by atoms with E-state index in [2.05, 4.69) is 36.6 Å². The Bertz CT molecular complexity index is 3940. The Kier molecular flexibility index (Phi) is 20.5. The number of fused-ring (bicyclic) bond motifs is 6. The summed E-state index contributed by atoms with van der Waals surface area (Å²) in [7, 11) is -1.69. The molecule has 4 heterocycles. The summed E-state index contributed by atoms with van der Waals surface area (Å²) >= 11 is 18.9. The molecule has 3 aromatic carbocycles. The number of H-pyrrole nitrogens is 2. The molecule has 1 spiro atoms. The Morgan fingerprint density at radius 3 is 1.84 bits per heavy atom. The van der Waals surface area contributed by atoms with Crippen molar-refractivity contribution in [3.05, 3.63) is 76.6 Å². The number of aromatic nitrogens is 2. The second-order valence-corrected chi connectivity index (χ2v) is 28.3. The van der Waals surface area contributed by atoms with Crippen molar-refractivity contribution in [3.8, 4) is 11.5 Å². The van der Waals surface area contributed by atoms with Gasteiger partial charge in [-0.3, -0.25) is 38.6 Å². The van der Waals surface area contributed by atoms with E-state index in [1.807, 2.05) is 20.0 Å². The second-order valence-electron chi connectivity index (χ2n) is 26.2. The third kappa shape index (κ3) is 13.7. The number of rotatable bonds is 28. The van der Waals surface area contributed by atoms with Gasteiger partial charge in [-0.05, 0) is 130 Å². The first kappa shape index (κ1) is 70.1. The molecular weight excluding hydrogens is 1310 g/mol. The van der Waals surface area contributed by atoms with Gasteiger partial charge in [0.05, 0.1) is 33.2 Å². The van der Waals surface area contributed by atoms with Crippen LogP contribution >= 0.6 is 43.2 Å². The van der Waals surface area contributed by atoms with E-state index < -0.39 is 83.9 Å². The Hall–Kier alpha value is -7.72. The predicted octanol–water partition coefficient (Wildman–Crippen LogP) is 6.46. The highest BCUT2D eigenvalue weighted by Crippen LogP contribution is 3.01. The average Bonchev–Trinajstić information content (AvgIpc) is 1.40. The number of aromatic amines is 2. The monoisotopic (exact) mass is 1390 g/mol.